The van der Waals surface area contributed by atoms with Gasteiger partial charge in [-0.25, -0.2) is 9.59 Å². The molecule has 0 saturated heterocycles. The first-order valence-corrected chi connectivity index (χ1v) is 7.72. The van der Waals surface area contributed by atoms with Gasteiger partial charge in [0.2, 0.25) is 0 Å². The van der Waals surface area contributed by atoms with Crippen LogP contribution in [0, 0.1) is 0 Å². The van der Waals surface area contributed by atoms with Crippen LogP contribution in [0.4, 0.5) is 10.5 Å². The summed E-state index contributed by atoms with van der Waals surface area (Å²) in [6.45, 7) is 0.469. The van der Waals surface area contributed by atoms with E-state index in [2.05, 4.69) is 21.2 Å². The fraction of sp³-hybridized carbons (Fsp3) is 0.143. The van der Waals surface area contributed by atoms with Gasteiger partial charge in [-0.2, -0.15) is 0 Å². The molecular weight excluding hydrogens is 356 g/mol. The van der Waals surface area contributed by atoms with E-state index in [1.54, 1.807) is 30.5 Å². The number of hydrogen-bond acceptors (Lipinski definition) is 3. The van der Waals surface area contributed by atoms with Crippen molar-refractivity contribution in [1.82, 2.24) is 4.90 Å². The molecule has 0 fully saturated rings. The van der Waals surface area contributed by atoms with Crippen LogP contribution in [-0.4, -0.2) is 29.1 Å². The smallest absolute Gasteiger partial charge is 0.337 e. The lowest BCUT2D eigenvalue weighted by Gasteiger charge is -2.18. The topological polar surface area (TPSA) is 69.6 Å². The number of thiophene rings is 1. The molecule has 1 aromatic heterocycles. The molecule has 0 saturated carbocycles. The first kappa shape index (κ1) is 15.5. The summed E-state index contributed by atoms with van der Waals surface area (Å²) in [5.74, 6) is -1.09. The number of nitrogens with one attached hydrogen (secondary N) is 1. The lowest BCUT2D eigenvalue weighted by Crippen LogP contribution is -2.31. The average Bonchev–Trinajstić information content (AvgIpc) is 2.93. The van der Waals surface area contributed by atoms with Gasteiger partial charge in [0.1, 0.15) is 0 Å². The van der Waals surface area contributed by atoms with Crippen LogP contribution in [0.2, 0.25) is 0 Å². The molecule has 1 aromatic carbocycles. The van der Waals surface area contributed by atoms with Crippen LogP contribution in [0.3, 0.4) is 0 Å². The number of aromatic carboxylic acids is 1. The predicted molar refractivity (Wildman–Crippen MR) is 85.9 cm³/mol. The molecule has 0 aliphatic carbocycles. The summed E-state index contributed by atoms with van der Waals surface area (Å²) in [6, 6.07) is 8.23. The van der Waals surface area contributed by atoms with E-state index in [9.17, 15) is 9.59 Å². The van der Waals surface area contributed by atoms with Gasteiger partial charge >= 0.3 is 12.0 Å². The Hall–Kier alpha value is -1.86. The highest BCUT2D eigenvalue weighted by Crippen LogP contribution is 2.27. The second kappa shape index (κ2) is 6.73. The molecule has 2 amide bonds. The maximum absolute atomic E-state index is 12.2. The number of hydrogen-bond donors (Lipinski definition) is 2. The van der Waals surface area contributed by atoms with Crippen molar-refractivity contribution in [3.63, 3.8) is 0 Å². The Balaban J connectivity index is 2.14. The van der Waals surface area contributed by atoms with Crippen molar-refractivity contribution in [2.24, 2.45) is 0 Å². The summed E-state index contributed by atoms with van der Waals surface area (Å²) in [5.41, 5.74) is 0.301. The second-order valence-corrected chi connectivity index (χ2v) is 6.22. The standard InChI is InChI=1S/C14H13BrN2O3S/c1-17(8-9-4-3-7-21-9)14(20)16-12-10(13(18)19)5-2-6-11(12)15/h2-7H,8H2,1H3,(H,16,20)(H,18,19). The van der Waals surface area contributed by atoms with Crippen molar-refractivity contribution in [3.8, 4) is 0 Å². The largest absolute Gasteiger partial charge is 0.478 e. The highest BCUT2D eigenvalue weighted by Gasteiger charge is 2.17. The minimum absolute atomic E-state index is 0.0437. The Bertz CT molecular complexity index is 658. The summed E-state index contributed by atoms with van der Waals surface area (Å²) in [7, 11) is 1.66. The van der Waals surface area contributed by atoms with Gasteiger partial charge in [-0.3, -0.25) is 0 Å². The molecule has 7 heteroatoms. The van der Waals surface area contributed by atoms with Gasteiger partial charge in [0.05, 0.1) is 17.8 Å². The van der Waals surface area contributed by atoms with Crippen molar-refractivity contribution >= 4 is 45.0 Å². The Labute approximate surface area is 134 Å². The number of halogens is 1. The van der Waals surface area contributed by atoms with Crippen molar-refractivity contribution in [1.29, 1.82) is 0 Å². The maximum Gasteiger partial charge on any atom is 0.337 e. The van der Waals surface area contributed by atoms with Crippen molar-refractivity contribution in [3.05, 3.63) is 50.6 Å². The number of carboxylic acid groups (broad SMARTS) is 1. The molecule has 2 N–H and O–H groups in total. The molecule has 0 atom stereocenters. The Morgan fingerprint density at radius 1 is 1.33 bits per heavy atom. The number of amides is 2. The third-order valence-corrected chi connectivity index (χ3v) is 4.32. The number of urea groups is 1. The van der Waals surface area contributed by atoms with E-state index in [1.807, 2.05) is 17.5 Å². The van der Waals surface area contributed by atoms with E-state index in [4.69, 9.17) is 5.11 Å². The van der Waals surface area contributed by atoms with E-state index in [0.29, 0.717) is 11.0 Å². The third kappa shape index (κ3) is 3.83. The summed E-state index contributed by atoms with van der Waals surface area (Å²) in [6.07, 6.45) is 0. The molecule has 0 radical (unpaired) electrons. The van der Waals surface area contributed by atoms with Crippen LogP contribution in [0.25, 0.3) is 0 Å². The van der Waals surface area contributed by atoms with Gasteiger partial charge in [0.15, 0.2) is 0 Å². The van der Waals surface area contributed by atoms with Crippen LogP contribution in [-0.2, 0) is 6.54 Å². The zero-order valence-corrected chi connectivity index (χ0v) is 13.6. The monoisotopic (exact) mass is 368 g/mol. The number of carbonyl (C=O) groups excluding carboxylic acids is 1. The molecule has 2 rings (SSSR count). The highest BCUT2D eigenvalue weighted by molar-refractivity contribution is 9.10. The van der Waals surface area contributed by atoms with Gasteiger partial charge in [-0.15, -0.1) is 11.3 Å². The second-order valence-electron chi connectivity index (χ2n) is 4.33. The third-order valence-electron chi connectivity index (χ3n) is 2.80. The lowest BCUT2D eigenvalue weighted by molar-refractivity contribution is 0.0698. The molecule has 0 bridgehead atoms. The van der Waals surface area contributed by atoms with Crippen molar-refractivity contribution in [2.45, 2.75) is 6.54 Å². The van der Waals surface area contributed by atoms with Gasteiger partial charge in [0.25, 0.3) is 0 Å². The average molecular weight is 369 g/mol. The van der Waals surface area contributed by atoms with E-state index in [1.165, 1.54) is 11.0 Å². The number of anilines is 1. The van der Waals surface area contributed by atoms with Crippen LogP contribution in [0.5, 0.6) is 0 Å². The molecular formula is C14H13BrN2O3S. The van der Waals surface area contributed by atoms with Gasteiger partial charge in [-0.05, 0) is 39.5 Å². The Morgan fingerprint density at radius 3 is 2.71 bits per heavy atom. The zero-order chi connectivity index (χ0) is 15.4. The number of carboxylic acids is 1. The van der Waals surface area contributed by atoms with Crippen molar-refractivity contribution in [2.75, 3.05) is 12.4 Å². The minimum atomic E-state index is -1.09. The van der Waals surface area contributed by atoms with Crippen LogP contribution in [0.15, 0.2) is 40.2 Å². The highest BCUT2D eigenvalue weighted by atomic mass is 79.9. The predicted octanol–water partition coefficient (Wildman–Crippen LogP) is 3.87. The van der Waals surface area contributed by atoms with E-state index in [0.717, 1.165) is 4.88 Å². The number of rotatable bonds is 4. The molecule has 2 aromatic rings. The minimum Gasteiger partial charge on any atom is -0.478 e. The van der Waals surface area contributed by atoms with E-state index >= 15 is 0 Å². The molecule has 0 unspecified atom stereocenters. The fourth-order valence-electron chi connectivity index (χ4n) is 1.74. The number of carbonyl (C=O) groups is 2. The van der Waals surface area contributed by atoms with Gasteiger partial charge in [0, 0.05) is 16.4 Å². The molecule has 0 aliphatic heterocycles. The summed E-state index contributed by atoms with van der Waals surface area (Å²) >= 11 is 4.82. The lowest BCUT2D eigenvalue weighted by atomic mass is 10.2. The Morgan fingerprint density at radius 2 is 2.10 bits per heavy atom. The molecule has 1 heterocycles. The first-order chi connectivity index (χ1) is 9.99. The van der Waals surface area contributed by atoms with E-state index in [-0.39, 0.29) is 17.3 Å². The zero-order valence-electron chi connectivity index (χ0n) is 11.2. The quantitative estimate of drug-likeness (QED) is 0.860. The van der Waals surface area contributed by atoms with Crippen LogP contribution < -0.4 is 5.32 Å². The molecule has 110 valence electrons. The molecule has 0 spiro atoms. The molecule has 21 heavy (non-hydrogen) atoms. The summed E-state index contributed by atoms with van der Waals surface area (Å²) in [5, 5.41) is 13.7. The summed E-state index contributed by atoms with van der Waals surface area (Å²) in [4.78, 5) is 25.9. The first-order valence-electron chi connectivity index (χ1n) is 6.05. The van der Waals surface area contributed by atoms with Crippen LogP contribution >= 0.6 is 27.3 Å². The van der Waals surface area contributed by atoms with Crippen molar-refractivity contribution < 1.29 is 14.7 Å². The summed E-state index contributed by atoms with van der Waals surface area (Å²) < 4.78 is 0.528. The molecule has 5 nitrogen and oxygen atoms in total. The van der Waals surface area contributed by atoms with Crippen LogP contribution in [0.1, 0.15) is 15.2 Å². The van der Waals surface area contributed by atoms with Gasteiger partial charge in [-0.1, -0.05) is 12.1 Å². The fourth-order valence-corrected chi connectivity index (χ4v) is 2.96. The number of benzene rings is 1. The SMILES string of the molecule is CN(Cc1cccs1)C(=O)Nc1c(Br)cccc1C(=O)O. The Kier molecular flexibility index (Phi) is 4.98. The molecule has 0 aliphatic rings. The maximum atomic E-state index is 12.2. The van der Waals surface area contributed by atoms with Gasteiger partial charge < -0.3 is 15.3 Å². The normalized spacial score (nSPS) is 10.2. The number of para-hydroxylation sites is 1. The number of nitrogens with zero attached hydrogens (tertiary/aromatic N) is 1. The van der Waals surface area contributed by atoms with E-state index < -0.39 is 5.97 Å².